The third kappa shape index (κ3) is 1.94. The molecule has 0 aromatic heterocycles. The van der Waals surface area contributed by atoms with Gasteiger partial charge in [0.25, 0.3) is 0 Å². The number of rotatable bonds is 2. The molecule has 1 aliphatic rings. The van der Waals surface area contributed by atoms with Gasteiger partial charge in [-0.05, 0) is 30.9 Å². The summed E-state index contributed by atoms with van der Waals surface area (Å²) < 4.78 is 0. The maximum absolute atomic E-state index is 3.75. The van der Waals surface area contributed by atoms with Crippen LogP contribution in [0.3, 0.4) is 0 Å². The molecule has 0 amide bonds. The van der Waals surface area contributed by atoms with Gasteiger partial charge in [-0.15, -0.1) is 0 Å². The maximum atomic E-state index is 3.75. The monoisotopic (exact) mass is 145 g/mol. The van der Waals surface area contributed by atoms with Crippen LogP contribution < -0.4 is 0 Å². The van der Waals surface area contributed by atoms with Crippen LogP contribution in [0.15, 0.2) is 48.1 Å². The lowest BCUT2D eigenvalue weighted by Crippen LogP contribution is -1.90. The van der Waals surface area contributed by atoms with Gasteiger partial charge in [-0.1, -0.05) is 37.0 Å². The molecule has 1 rings (SSSR count). The van der Waals surface area contributed by atoms with Crippen molar-refractivity contribution in [1.29, 1.82) is 0 Å². The minimum atomic E-state index is 1.04. The van der Waals surface area contributed by atoms with Crippen LogP contribution in [0.4, 0.5) is 0 Å². The highest BCUT2D eigenvalue weighted by Crippen LogP contribution is 2.19. The molecule has 0 fully saturated rings. The van der Waals surface area contributed by atoms with Crippen LogP contribution >= 0.6 is 0 Å². The molecular weight excluding hydrogens is 132 g/mol. The first-order valence-electron chi connectivity index (χ1n) is 3.87. The van der Waals surface area contributed by atoms with Gasteiger partial charge in [0.2, 0.25) is 0 Å². The van der Waals surface area contributed by atoms with E-state index < -0.39 is 0 Å². The van der Waals surface area contributed by atoms with E-state index in [1.165, 1.54) is 11.1 Å². The normalized spacial score (nSPS) is 17.9. The third-order valence-electron chi connectivity index (χ3n) is 1.75. The lowest BCUT2D eigenvalue weighted by atomic mass is 9.97. The van der Waals surface area contributed by atoms with E-state index in [4.69, 9.17) is 0 Å². The van der Waals surface area contributed by atoms with Crippen LogP contribution in [0.25, 0.3) is 0 Å². The topological polar surface area (TPSA) is 0 Å². The van der Waals surface area contributed by atoms with E-state index in [2.05, 4.69) is 37.3 Å². The summed E-state index contributed by atoms with van der Waals surface area (Å²) in [4.78, 5) is 0. The minimum Gasteiger partial charge on any atom is -0.0985 e. The second-order valence-electron chi connectivity index (χ2n) is 2.44. The molecule has 0 bridgehead atoms. The first-order valence-corrected chi connectivity index (χ1v) is 3.87. The Labute approximate surface area is 68.6 Å². The van der Waals surface area contributed by atoms with E-state index in [1.54, 1.807) is 0 Å². The summed E-state index contributed by atoms with van der Waals surface area (Å²) >= 11 is 0. The molecule has 0 heterocycles. The summed E-state index contributed by atoms with van der Waals surface area (Å²) in [5, 5.41) is 0. The zero-order valence-corrected chi connectivity index (χ0v) is 6.88. The van der Waals surface area contributed by atoms with Crippen molar-refractivity contribution in [3.8, 4) is 0 Å². The van der Waals surface area contributed by atoms with Crippen molar-refractivity contribution >= 4 is 0 Å². The summed E-state index contributed by atoms with van der Waals surface area (Å²) in [6.07, 6.45) is 13.5. The van der Waals surface area contributed by atoms with E-state index in [0.29, 0.717) is 0 Å². The summed E-state index contributed by atoms with van der Waals surface area (Å²) in [7, 11) is 0. The SMILES string of the molecule is C=C/C(=C\C)C1=CC=CC[CH]1. The largest absolute Gasteiger partial charge is 0.0985 e. The van der Waals surface area contributed by atoms with Crippen molar-refractivity contribution in [2.45, 2.75) is 13.3 Å². The van der Waals surface area contributed by atoms with Gasteiger partial charge in [0.05, 0.1) is 0 Å². The molecular formula is C11H13. The van der Waals surface area contributed by atoms with Gasteiger partial charge in [-0.25, -0.2) is 0 Å². The molecule has 0 atom stereocenters. The Hall–Kier alpha value is -1.04. The Morgan fingerprint density at radius 2 is 2.45 bits per heavy atom. The van der Waals surface area contributed by atoms with Gasteiger partial charge in [0.15, 0.2) is 0 Å². The van der Waals surface area contributed by atoms with Gasteiger partial charge in [-0.3, -0.25) is 0 Å². The van der Waals surface area contributed by atoms with Crippen LogP contribution in [0.2, 0.25) is 0 Å². The molecule has 0 aromatic carbocycles. The molecule has 0 spiro atoms. The Morgan fingerprint density at radius 1 is 1.64 bits per heavy atom. The van der Waals surface area contributed by atoms with Gasteiger partial charge in [0.1, 0.15) is 0 Å². The molecule has 0 saturated heterocycles. The average molecular weight is 145 g/mol. The zero-order valence-electron chi connectivity index (χ0n) is 6.88. The molecule has 11 heavy (non-hydrogen) atoms. The van der Waals surface area contributed by atoms with Crippen LogP contribution in [0.5, 0.6) is 0 Å². The highest BCUT2D eigenvalue weighted by molar-refractivity contribution is 5.47. The quantitative estimate of drug-likeness (QED) is 0.523. The standard InChI is InChI=1S/C11H13/c1-3-10(4-2)11-8-6-5-7-9-11/h3-6,8-9H,1,7H2,2H3/b10-4+. The number of hydrogen-bond donors (Lipinski definition) is 0. The third-order valence-corrected chi connectivity index (χ3v) is 1.75. The van der Waals surface area contributed by atoms with Crippen molar-refractivity contribution in [2.75, 3.05) is 0 Å². The molecule has 0 heteroatoms. The molecule has 1 radical (unpaired) electrons. The van der Waals surface area contributed by atoms with Crippen LogP contribution in [0, 0.1) is 6.42 Å². The number of allylic oxidation sites excluding steroid dienone is 7. The summed E-state index contributed by atoms with van der Waals surface area (Å²) in [6.45, 7) is 5.79. The molecule has 0 unspecified atom stereocenters. The predicted octanol–water partition coefficient (Wildman–Crippen LogP) is 3.21. The van der Waals surface area contributed by atoms with E-state index in [9.17, 15) is 0 Å². The molecule has 0 aromatic rings. The Balaban J connectivity index is 2.80. The average Bonchev–Trinajstić information content (AvgIpc) is 2.09. The first kappa shape index (κ1) is 8.06. The molecule has 0 aliphatic heterocycles. The van der Waals surface area contributed by atoms with Crippen molar-refractivity contribution in [2.24, 2.45) is 0 Å². The van der Waals surface area contributed by atoms with Crippen LogP contribution in [-0.2, 0) is 0 Å². The number of hydrogen-bond acceptors (Lipinski definition) is 0. The lowest BCUT2D eigenvalue weighted by Gasteiger charge is -2.08. The molecule has 57 valence electrons. The Bertz CT molecular complexity index is 226. The molecule has 1 aliphatic carbocycles. The molecule has 0 nitrogen and oxygen atoms in total. The summed E-state index contributed by atoms with van der Waals surface area (Å²) in [5.74, 6) is 0. The summed E-state index contributed by atoms with van der Waals surface area (Å²) in [5.41, 5.74) is 2.50. The summed E-state index contributed by atoms with van der Waals surface area (Å²) in [6, 6.07) is 0. The van der Waals surface area contributed by atoms with Crippen molar-refractivity contribution in [3.05, 3.63) is 54.5 Å². The van der Waals surface area contributed by atoms with E-state index in [1.807, 2.05) is 13.0 Å². The fourth-order valence-electron chi connectivity index (χ4n) is 1.13. The first-order chi connectivity index (χ1) is 5.38. The highest BCUT2D eigenvalue weighted by Gasteiger charge is 2.01. The van der Waals surface area contributed by atoms with Crippen molar-refractivity contribution < 1.29 is 0 Å². The lowest BCUT2D eigenvalue weighted by molar-refractivity contribution is 1.20. The molecule has 0 N–H and O–H groups in total. The highest BCUT2D eigenvalue weighted by atomic mass is 14.1. The van der Waals surface area contributed by atoms with Crippen LogP contribution in [-0.4, -0.2) is 0 Å². The van der Waals surface area contributed by atoms with E-state index >= 15 is 0 Å². The molecule has 0 saturated carbocycles. The van der Waals surface area contributed by atoms with Gasteiger partial charge < -0.3 is 0 Å². The Kier molecular flexibility index (Phi) is 2.91. The van der Waals surface area contributed by atoms with E-state index in [-0.39, 0.29) is 0 Å². The second kappa shape index (κ2) is 3.97. The van der Waals surface area contributed by atoms with Gasteiger partial charge in [-0.2, -0.15) is 0 Å². The van der Waals surface area contributed by atoms with Gasteiger partial charge in [0, 0.05) is 0 Å². The fraction of sp³-hybridized carbons (Fsp3) is 0.182. The smallest absolute Gasteiger partial charge is 0.00494 e. The fourth-order valence-corrected chi connectivity index (χ4v) is 1.13. The van der Waals surface area contributed by atoms with Gasteiger partial charge >= 0.3 is 0 Å². The second-order valence-corrected chi connectivity index (χ2v) is 2.44. The van der Waals surface area contributed by atoms with Crippen molar-refractivity contribution in [3.63, 3.8) is 0 Å². The predicted molar refractivity (Wildman–Crippen MR) is 50.1 cm³/mol. The maximum Gasteiger partial charge on any atom is -0.00494 e. The van der Waals surface area contributed by atoms with E-state index in [0.717, 1.165) is 6.42 Å². The van der Waals surface area contributed by atoms with Crippen molar-refractivity contribution in [1.82, 2.24) is 0 Å². The zero-order chi connectivity index (χ0) is 8.10. The minimum absolute atomic E-state index is 1.04. The van der Waals surface area contributed by atoms with Crippen LogP contribution in [0.1, 0.15) is 13.3 Å². The Morgan fingerprint density at radius 3 is 2.91 bits per heavy atom.